The molecular weight excluding hydrogens is 184 g/mol. The van der Waals surface area contributed by atoms with E-state index in [1.54, 1.807) is 18.4 Å². The molecule has 13 heavy (non-hydrogen) atoms. The van der Waals surface area contributed by atoms with E-state index in [1.807, 2.05) is 6.92 Å². The molecule has 0 fully saturated rings. The first-order valence-electron chi connectivity index (χ1n) is 4.40. The number of hydrogen-bond acceptors (Lipinski definition) is 4. The number of rotatable bonds is 5. The largest absolute Gasteiger partial charge is 0.378 e. The van der Waals surface area contributed by atoms with Crippen molar-refractivity contribution in [3.05, 3.63) is 16.1 Å². The molecule has 1 heterocycles. The van der Waals surface area contributed by atoms with E-state index in [-0.39, 0.29) is 6.04 Å². The maximum atomic E-state index is 5.66. The zero-order chi connectivity index (χ0) is 9.68. The fourth-order valence-electron chi connectivity index (χ4n) is 1.03. The number of methoxy groups -OCH3 is 1. The summed E-state index contributed by atoms with van der Waals surface area (Å²) in [6, 6.07) is 0.257. The van der Waals surface area contributed by atoms with Gasteiger partial charge in [0.25, 0.3) is 0 Å². The van der Waals surface area contributed by atoms with Crippen molar-refractivity contribution in [1.82, 2.24) is 4.98 Å². The molecule has 0 amide bonds. The quantitative estimate of drug-likeness (QED) is 0.785. The topological polar surface area (TPSA) is 48.1 Å². The number of aromatic nitrogens is 1. The Kier molecular flexibility index (Phi) is 4.35. The highest BCUT2D eigenvalue weighted by atomic mass is 32.1. The van der Waals surface area contributed by atoms with Gasteiger partial charge in [-0.15, -0.1) is 11.3 Å². The first-order valence-corrected chi connectivity index (χ1v) is 5.28. The third kappa shape index (κ3) is 3.85. The second kappa shape index (κ2) is 5.32. The van der Waals surface area contributed by atoms with Crippen molar-refractivity contribution in [1.29, 1.82) is 0 Å². The average Bonchev–Trinajstić information content (AvgIpc) is 2.50. The molecule has 4 heteroatoms. The van der Waals surface area contributed by atoms with Crippen molar-refractivity contribution >= 4 is 11.3 Å². The van der Waals surface area contributed by atoms with Gasteiger partial charge in [-0.05, 0) is 19.8 Å². The molecule has 0 aliphatic heterocycles. The summed E-state index contributed by atoms with van der Waals surface area (Å²) in [4.78, 5) is 4.41. The number of hydrogen-bond donors (Lipinski definition) is 1. The average molecular weight is 200 g/mol. The molecule has 0 radical (unpaired) electrons. The van der Waals surface area contributed by atoms with Crippen LogP contribution < -0.4 is 5.73 Å². The van der Waals surface area contributed by atoms with Gasteiger partial charge in [-0.1, -0.05) is 0 Å². The summed E-state index contributed by atoms with van der Waals surface area (Å²) < 4.78 is 4.99. The first-order chi connectivity index (χ1) is 6.22. The SMILES string of the molecule is COCc1nc(CC[C@H](C)N)cs1. The van der Waals surface area contributed by atoms with Gasteiger partial charge in [0, 0.05) is 18.5 Å². The highest BCUT2D eigenvalue weighted by Gasteiger charge is 2.02. The van der Waals surface area contributed by atoms with E-state index in [1.165, 1.54) is 0 Å². The summed E-state index contributed by atoms with van der Waals surface area (Å²) in [5.74, 6) is 0. The highest BCUT2D eigenvalue weighted by molar-refractivity contribution is 7.09. The molecule has 1 rings (SSSR count). The molecule has 1 aromatic rings. The van der Waals surface area contributed by atoms with Gasteiger partial charge in [-0.3, -0.25) is 0 Å². The standard InChI is InChI=1S/C9H16N2OS/c1-7(10)3-4-8-6-13-9(11-8)5-12-2/h6-7H,3-5,10H2,1-2H3/t7-/m0/s1. The molecule has 0 spiro atoms. The van der Waals surface area contributed by atoms with Crippen LogP contribution in [0.3, 0.4) is 0 Å². The van der Waals surface area contributed by atoms with Gasteiger partial charge in [0.05, 0.1) is 12.3 Å². The maximum Gasteiger partial charge on any atom is 0.119 e. The van der Waals surface area contributed by atoms with Crippen LogP contribution in [0.1, 0.15) is 24.0 Å². The van der Waals surface area contributed by atoms with Gasteiger partial charge in [-0.2, -0.15) is 0 Å². The second-order valence-electron chi connectivity index (χ2n) is 3.18. The van der Waals surface area contributed by atoms with Crippen molar-refractivity contribution < 1.29 is 4.74 Å². The normalized spacial score (nSPS) is 13.2. The predicted octanol–water partition coefficient (Wildman–Crippen LogP) is 1.57. The Bertz CT molecular complexity index is 248. The summed E-state index contributed by atoms with van der Waals surface area (Å²) >= 11 is 1.65. The fraction of sp³-hybridized carbons (Fsp3) is 0.667. The predicted molar refractivity (Wildman–Crippen MR) is 54.8 cm³/mol. The molecule has 0 aromatic carbocycles. The van der Waals surface area contributed by atoms with E-state index in [9.17, 15) is 0 Å². The summed E-state index contributed by atoms with van der Waals surface area (Å²) in [7, 11) is 1.68. The molecule has 3 nitrogen and oxygen atoms in total. The number of nitrogens with zero attached hydrogens (tertiary/aromatic N) is 1. The number of nitrogens with two attached hydrogens (primary N) is 1. The minimum absolute atomic E-state index is 0.257. The zero-order valence-corrected chi connectivity index (χ0v) is 8.93. The molecule has 0 saturated heterocycles. The summed E-state index contributed by atoms with van der Waals surface area (Å²) in [6.45, 7) is 2.63. The van der Waals surface area contributed by atoms with E-state index < -0.39 is 0 Å². The van der Waals surface area contributed by atoms with E-state index in [0.29, 0.717) is 6.61 Å². The molecule has 0 aliphatic rings. The van der Waals surface area contributed by atoms with Crippen molar-refractivity contribution in [2.45, 2.75) is 32.4 Å². The molecule has 2 N–H and O–H groups in total. The van der Waals surface area contributed by atoms with Crippen molar-refractivity contribution in [3.8, 4) is 0 Å². The number of aryl methyl sites for hydroxylation is 1. The molecule has 0 saturated carbocycles. The van der Waals surface area contributed by atoms with Crippen LogP contribution in [0.25, 0.3) is 0 Å². The smallest absolute Gasteiger partial charge is 0.119 e. The van der Waals surface area contributed by atoms with Gasteiger partial charge >= 0.3 is 0 Å². The lowest BCUT2D eigenvalue weighted by atomic mass is 10.2. The van der Waals surface area contributed by atoms with Gasteiger partial charge < -0.3 is 10.5 Å². The summed E-state index contributed by atoms with van der Waals surface area (Å²) in [5.41, 5.74) is 6.79. The molecule has 74 valence electrons. The van der Waals surface area contributed by atoms with Crippen LogP contribution in [-0.4, -0.2) is 18.1 Å². The Morgan fingerprint density at radius 2 is 2.46 bits per heavy atom. The van der Waals surface area contributed by atoms with Crippen LogP contribution in [0.5, 0.6) is 0 Å². The summed E-state index contributed by atoms with van der Waals surface area (Å²) in [5, 5.41) is 3.12. The van der Waals surface area contributed by atoms with E-state index >= 15 is 0 Å². The van der Waals surface area contributed by atoms with E-state index in [2.05, 4.69) is 10.4 Å². The Morgan fingerprint density at radius 1 is 1.69 bits per heavy atom. The molecule has 1 aromatic heterocycles. The Balaban J connectivity index is 2.39. The first kappa shape index (κ1) is 10.6. The minimum atomic E-state index is 0.257. The van der Waals surface area contributed by atoms with Gasteiger partial charge in [0.1, 0.15) is 5.01 Å². The number of thiazole rings is 1. The Morgan fingerprint density at radius 3 is 3.08 bits per heavy atom. The Hall–Kier alpha value is -0.450. The van der Waals surface area contributed by atoms with Crippen LogP contribution in [0.15, 0.2) is 5.38 Å². The third-order valence-electron chi connectivity index (χ3n) is 1.72. The van der Waals surface area contributed by atoms with E-state index in [0.717, 1.165) is 23.5 Å². The Labute approximate surface area is 82.9 Å². The maximum absolute atomic E-state index is 5.66. The van der Waals surface area contributed by atoms with Crippen LogP contribution >= 0.6 is 11.3 Å². The minimum Gasteiger partial charge on any atom is -0.378 e. The lowest BCUT2D eigenvalue weighted by Gasteiger charge is -2.00. The second-order valence-corrected chi connectivity index (χ2v) is 4.12. The highest BCUT2D eigenvalue weighted by Crippen LogP contribution is 2.12. The monoisotopic (exact) mass is 200 g/mol. The van der Waals surface area contributed by atoms with Gasteiger partial charge in [0.15, 0.2) is 0 Å². The molecule has 0 unspecified atom stereocenters. The molecule has 0 aliphatic carbocycles. The van der Waals surface area contributed by atoms with Crippen LogP contribution in [-0.2, 0) is 17.8 Å². The third-order valence-corrected chi connectivity index (χ3v) is 2.59. The molecule has 0 bridgehead atoms. The van der Waals surface area contributed by atoms with Crippen molar-refractivity contribution in [3.63, 3.8) is 0 Å². The van der Waals surface area contributed by atoms with Crippen LogP contribution in [0.4, 0.5) is 0 Å². The van der Waals surface area contributed by atoms with E-state index in [4.69, 9.17) is 10.5 Å². The molecular formula is C9H16N2OS. The lowest BCUT2D eigenvalue weighted by Crippen LogP contribution is -2.15. The lowest BCUT2D eigenvalue weighted by molar-refractivity contribution is 0.184. The van der Waals surface area contributed by atoms with Crippen molar-refractivity contribution in [2.24, 2.45) is 5.73 Å². The fourth-order valence-corrected chi connectivity index (χ4v) is 1.83. The number of ether oxygens (including phenoxy) is 1. The summed E-state index contributed by atoms with van der Waals surface area (Å²) in [6.07, 6.45) is 1.97. The van der Waals surface area contributed by atoms with Gasteiger partial charge in [-0.25, -0.2) is 4.98 Å². The van der Waals surface area contributed by atoms with Crippen molar-refractivity contribution in [2.75, 3.05) is 7.11 Å². The zero-order valence-electron chi connectivity index (χ0n) is 8.12. The molecule has 1 atom stereocenters. The van der Waals surface area contributed by atoms with Crippen LogP contribution in [0, 0.1) is 0 Å². The van der Waals surface area contributed by atoms with Crippen LogP contribution in [0.2, 0.25) is 0 Å². The van der Waals surface area contributed by atoms with Gasteiger partial charge in [0.2, 0.25) is 0 Å².